The minimum Gasteiger partial charge on any atom is -0.479 e. The number of nitrogens with one attached hydrogen (secondary N) is 1. The first-order valence-corrected chi connectivity index (χ1v) is 6.60. The zero-order valence-electron chi connectivity index (χ0n) is 12.0. The smallest absolute Gasteiger partial charge is 0.334 e. The van der Waals surface area contributed by atoms with Gasteiger partial charge in [-0.3, -0.25) is 0 Å². The molecule has 1 heterocycles. The lowest BCUT2D eigenvalue weighted by molar-refractivity contribution is -0.154. The number of carboxylic acid groups (broad SMARTS) is 1. The first kappa shape index (κ1) is 16.7. The van der Waals surface area contributed by atoms with Gasteiger partial charge in [-0.1, -0.05) is 0 Å². The molecule has 1 rings (SSSR count). The lowest BCUT2D eigenvalue weighted by Crippen LogP contribution is -2.52. The maximum atomic E-state index is 11.8. The Labute approximate surface area is 118 Å². The highest BCUT2D eigenvalue weighted by Gasteiger charge is 2.28. The number of carbonyl (C=O) groups excluding carboxylic acids is 1. The van der Waals surface area contributed by atoms with Crippen LogP contribution in [0.5, 0.6) is 0 Å². The van der Waals surface area contributed by atoms with Crippen molar-refractivity contribution in [3.8, 4) is 0 Å². The summed E-state index contributed by atoms with van der Waals surface area (Å²) in [5, 5.41) is 11.5. The molecule has 8 heteroatoms. The van der Waals surface area contributed by atoms with Crippen molar-refractivity contribution >= 4 is 12.0 Å². The van der Waals surface area contributed by atoms with Crippen molar-refractivity contribution in [1.82, 2.24) is 15.1 Å². The van der Waals surface area contributed by atoms with E-state index < -0.39 is 12.1 Å². The SMILES string of the molecule is CN(C)CCOCCNC(=O)N1CCOC(C(=O)O)C1. The largest absolute Gasteiger partial charge is 0.479 e. The summed E-state index contributed by atoms with van der Waals surface area (Å²) in [7, 11) is 3.92. The van der Waals surface area contributed by atoms with Gasteiger partial charge in [-0.2, -0.15) is 0 Å². The number of nitrogens with zero attached hydrogens (tertiary/aromatic N) is 2. The Bertz CT molecular complexity index is 324. The second-order valence-corrected chi connectivity index (χ2v) is 4.79. The van der Waals surface area contributed by atoms with E-state index in [0.717, 1.165) is 6.54 Å². The molecule has 0 radical (unpaired) electrons. The Morgan fingerprint density at radius 1 is 1.45 bits per heavy atom. The van der Waals surface area contributed by atoms with Crippen LogP contribution < -0.4 is 5.32 Å². The third-order valence-electron chi connectivity index (χ3n) is 2.83. The summed E-state index contributed by atoms with van der Waals surface area (Å²) in [6.07, 6.45) is -0.939. The summed E-state index contributed by atoms with van der Waals surface area (Å²) < 4.78 is 10.4. The number of ether oxygens (including phenoxy) is 2. The van der Waals surface area contributed by atoms with Gasteiger partial charge < -0.3 is 29.7 Å². The lowest BCUT2D eigenvalue weighted by Gasteiger charge is -2.30. The first-order chi connectivity index (χ1) is 9.50. The van der Waals surface area contributed by atoms with Gasteiger partial charge in [0.2, 0.25) is 0 Å². The molecule has 1 fully saturated rings. The zero-order chi connectivity index (χ0) is 15.0. The molecule has 20 heavy (non-hydrogen) atoms. The summed E-state index contributed by atoms with van der Waals surface area (Å²) in [6.45, 7) is 3.00. The zero-order valence-corrected chi connectivity index (χ0v) is 12.0. The van der Waals surface area contributed by atoms with Crippen LogP contribution >= 0.6 is 0 Å². The predicted molar refractivity (Wildman–Crippen MR) is 71.7 cm³/mol. The number of morpholine rings is 1. The molecule has 0 aromatic rings. The molecule has 0 spiro atoms. The van der Waals surface area contributed by atoms with Gasteiger partial charge >= 0.3 is 12.0 Å². The monoisotopic (exact) mass is 289 g/mol. The third kappa shape index (κ3) is 6.18. The summed E-state index contributed by atoms with van der Waals surface area (Å²) >= 11 is 0. The molecule has 1 aliphatic heterocycles. The molecule has 2 amide bonds. The molecule has 0 bridgehead atoms. The molecule has 2 N–H and O–H groups in total. The molecule has 1 atom stereocenters. The maximum absolute atomic E-state index is 11.8. The Hall–Kier alpha value is -1.38. The van der Waals surface area contributed by atoms with Crippen LogP contribution in [0.3, 0.4) is 0 Å². The summed E-state index contributed by atoms with van der Waals surface area (Å²) in [6, 6.07) is -0.282. The van der Waals surface area contributed by atoms with E-state index in [2.05, 4.69) is 5.32 Å². The molecular weight excluding hydrogens is 266 g/mol. The highest BCUT2D eigenvalue weighted by molar-refractivity contribution is 5.77. The summed E-state index contributed by atoms with van der Waals surface area (Å²) in [4.78, 5) is 26.1. The van der Waals surface area contributed by atoms with E-state index in [9.17, 15) is 9.59 Å². The van der Waals surface area contributed by atoms with Crippen molar-refractivity contribution < 1.29 is 24.2 Å². The lowest BCUT2D eigenvalue weighted by atomic mass is 10.3. The fourth-order valence-corrected chi connectivity index (χ4v) is 1.67. The van der Waals surface area contributed by atoms with Gasteiger partial charge in [-0.15, -0.1) is 0 Å². The number of hydrogen-bond donors (Lipinski definition) is 2. The topological polar surface area (TPSA) is 91.3 Å². The van der Waals surface area contributed by atoms with E-state index >= 15 is 0 Å². The minimum atomic E-state index is -1.05. The molecule has 1 unspecified atom stereocenters. The second-order valence-electron chi connectivity index (χ2n) is 4.79. The molecule has 0 aliphatic carbocycles. The normalized spacial score (nSPS) is 19.1. The number of hydrogen-bond acceptors (Lipinski definition) is 5. The number of carboxylic acids is 1. The molecule has 0 aromatic carbocycles. The van der Waals surface area contributed by atoms with Gasteiger partial charge in [0, 0.05) is 19.6 Å². The number of urea groups is 1. The van der Waals surface area contributed by atoms with Crippen LogP contribution in [0.4, 0.5) is 4.79 Å². The summed E-state index contributed by atoms with van der Waals surface area (Å²) in [5.74, 6) is -1.05. The molecular formula is C12H23N3O5. The van der Waals surface area contributed by atoms with Crippen LogP contribution in [0.1, 0.15) is 0 Å². The van der Waals surface area contributed by atoms with Crippen molar-refractivity contribution in [3.05, 3.63) is 0 Å². The summed E-state index contributed by atoms with van der Waals surface area (Å²) in [5.41, 5.74) is 0. The van der Waals surface area contributed by atoms with Crippen LogP contribution in [-0.2, 0) is 14.3 Å². The van der Waals surface area contributed by atoms with Gasteiger partial charge in [0.1, 0.15) is 0 Å². The van der Waals surface area contributed by atoms with E-state index in [1.165, 1.54) is 4.90 Å². The van der Waals surface area contributed by atoms with Gasteiger partial charge in [-0.05, 0) is 14.1 Å². The van der Waals surface area contributed by atoms with E-state index in [1.54, 1.807) is 0 Å². The number of rotatable bonds is 7. The first-order valence-electron chi connectivity index (χ1n) is 6.60. The average Bonchev–Trinajstić information content (AvgIpc) is 2.42. The molecule has 116 valence electrons. The van der Waals surface area contributed by atoms with E-state index in [1.807, 2.05) is 19.0 Å². The fourth-order valence-electron chi connectivity index (χ4n) is 1.67. The molecule has 1 aliphatic rings. The highest BCUT2D eigenvalue weighted by atomic mass is 16.5. The van der Waals surface area contributed by atoms with E-state index in [4.69, 9.17) is 14.6 Å². The van der Waals surface area contributed by atoms with Crippen LogP contribution in [-0.4, -0.2) is 93.1 Å². The van der Waals surface area contributed by atoms with Crippen LogP contribution in [0.2, 0.25) is 0 Å². The fraction of sp³-hybridized carbons (Fsp3) is 0.833. The van der Waals surface area contributed by atoms with Crippen LogP contribution in [0, 0.1) is 0 Å². The second kappa shape index (κ2) is 8.72. The van der Waals surface area contributed by atoms with Gasteiger partial charge in [0.05, 0.1) is 26.4 Å². The molecule has 0 saturated carbocycles. The molecule has 0 aromatic heterocycles. The van der Waals surface area contributed by atoms with E-state index in [0.29, 0.717) is 26.3 Å². The Balaban J connectivity index is 2.14. The molecule has 1 saturated heterocycles. The van der Waals surface area contributed by atoms with Crippen LogP contribution in [0.25, 0.3) is 0 Å². The number of amides is 2. The van der Waals surface area contributed by atoms with Crippen molar-refractivity contribution in [3.63, 3.8) is 0 Å². The average molecular weight is 289 g/mol. The Morgan fingerprint density at radius 2 is 2.20 bits per heavy atom. The number of likely N-dealkylation sites (N-methyl/N-ethyl adjacent to an activating group) is 1. The highest BCUT2D eigenvalue weighted by Crippen LogP contribution is 2.05. The van der Waals surface area contributed by atoms with Crippen molar-refractivity contribution in [2.45, 2.75) is 6.10 Å². The third-order valence-corrected chi connectivity index (χ3v) is 2.83. The minimum absolute atomic E-state index is 0.0721. The Kier molecular flexibility index (Phi) is 7.27. The Morgan fingerprint density at radius 3 is 2.85 bits per heavy atom. The standard InChI is InChI=1S/C12H23N3O5/c1-14(2)4-7-19-6-3-13-12(18)15-5-8-20-10(9-15)11(16)17/h10H,3-9H2,1-2H3,(H,13,18)(H,16,17). The van der Waals surface area contributed by atoms with Gasteiger partial charge in [-0.25, -0.2) is 9.59 Å². The molecule has 8 nitrogen and oxygen atoms in total. The quantitative estimate of drug-likeness (QED) is 0.588. The predicted octanol–water partition coefficient (Wildman–Crippen LogP) is -0.940. The van der Waals surface area contributed by atoms with Crippen LogP contribution in [0.15, 0.2) is 0 Å². The van der Waals surface area contributed by atoms with Crippen molar-refractivity contribution in [1.29, 1.82) is 0 Å². The number of carbonyl (C=O) groups is 2. The maximum Gasteiger partial charge on any atom is 0.334 e. The van der Waals surface area contributed by atoms with Gasteiger partial charge in [0.25, 0.3) is 0 Å². The number of aliphatic carboxylic acids is 1. The van der Waals surface area contributed by atoms with Crippen molar-refractivity contribution in [2.24, 2.45) is 0 Å². The van der Waals surface area contributed by atoms with E-state index in [-0.39, 0.29) is 19.2 Å². The van der Waals surface area contributed by atoms with Gasteiger partial charge in [0.15, 0.2) is 6.10 Å². The van der Waals surface area contributed by atoms with Crippen molar-refractivity contribution in [2.75, 3.05) is 60.1 Å².